The van der Waals surface area contributed by atoms with Crippen molar-refractivity contribution in [3.05, 3.63) is 54.2 Å². The standard InChI is InChI=1S/C15H13FN4O/c1-2-19-8-11(7-17-19)15-12(10-21)9-20(18-15)14-6-4-3-5-13(14)16/h3-10H,2H2,1H3. The van der Waals surface area contributed by atoms with Gasteiger partial charge in [-0.05, 0) is 19.1 Å². The van der Waals surface area contributed by atoms with Gasteiger partial charge >= 0.3 is 0 Å². The third kappa shape index (κ3) is 2.35. The SMILES string of the molecule is CCn1cc(-c2nn(-c3ccccc3F)cc2C=O)cn1. The Labute approximate surface area is 120 Å². The van der Waals surface area contributed by atoms with Gasteiger partial charge in [0.2, 0.25) is 0 Å². The lowest BCUT2D eigenvalue weighted by Gasteiger charge is -2.01. The summed E-state index contributed by atoms with van der Waals surface area (Å²) in [5.74, 6) is -0.395. The van der Waals surface area contributed by atoms with Gasteiger partial charge in [-0.15, -0.1) is 0 Å². The minimum Gasteiger partial charge on any atom is -0.298 e. The number of hydrogen-bond acceptors (Lipinski definition) is 3. The summed E-state index contributed by atoms with van der Waals surface area (Å²) in [6, 6.07) is 6.28. The summed E-state index contributed by atoms with van der Waals surface area (Å²) in [4.78, 5) is 11.2. The second kappa shape index (κ2) is 5.32. The van der Waals surface area contributed by atoms with Crippen LogP contribution < -0.4 is 0 Å². The molecule has 0 N–H and O–H groups in total. The first kappa shape index (κ1) is 13.2. The molecule has 2 aromatic heterocycles. The number of benzene rings is 1. The van der Waals surface area contributed by atoms with Crippen molar-refractivity contribution in [1.82, 2.24) is 19.6 Å². The molecular weight excluding hydrogens is 271 g/mol. The van der Waals surface area contributed by atoms with Crippen LogP contribution in [0.5, 0.6) is 0 Å². The van der Waals surface area contributed by atoms with Crippen molar-refractivity contribution in [2.45, 2.75) is 13.5 Å². The third-order valence-corrected chi connectivity index (χ3v) is 3.20. The summed E-state index contributed by atoms with van der Waals surface area (Å²) in [6.45, 7) is 2.69. The van der Waals surface area contributed by atoms with E-state index in [1.54, 1.807) is 35.3 Å². The highest BCUT2D eigenvalue weighted by Gasteiger charge is 2.14. The maximum Gasteiger partial charge on any atom is 0.153 e. The molecule has 21 heavy (non-hydrogen) atoms. The van der Waals surface area contributed by atoms with Crippen LogP contribution in [0.3, 0.4) is 0 Å². The molecule has 0 aliphatic heterocycles. The molecule has 6 heteroatoms. The predicted octanol–water partition coefficient (Wildman–Crippen LogP) is 2.71. The normalized spacial score (nSPS) is 10.8. The van der Waals surface area contributed by atoms with Gasteiger partial charge in [-0.25, -0.2) is 9.07 Å². The molecule has 0 spiro atoms. The Bertz CT molecular complexity index is 791. The van der Waals surface area contributed by atoms with Crippen LogP contribution >= 0.6 is 0 Å². The molecular formula is C15H13FN4O. The van der Waals surface area contributed by atoms with E-state index in [0.717, 1.165) is 12.1 Å². The fourth-order valence-corrected chi connectivity index (χ4v) is 2.12. The number of hydrogen-bond donors (Lipinski definition) is 0. The van der Waals surface area contributed by atoms with Crippen LogP contribution in [0, 0.1) is 5.82 Å². The highest BCUT2D eigenvalue weighted by molar-refractivity contribution is 5.85. The van der Waals surface area contributed by atoms with Gasteiger partial charge in [0.25, 0.3) is 0 Å². The zero-order valence-electron chi connectivity index (χ0n) is 11.4. The molecule has 0 radical (unpaired) electrons. The third-order valence-electron chi connectivity index (χ3n) is 3.20. The van der Waals surface area contributed by atoms with Gasteiger partial charge in [0.1, 0.15) is 17.2 Å². The second-order valence-corrected chi connectivity index (χ2v) is 4.53. The Kier molecular flexibility index (Phi) is 3.35. The van der Waals surface area contributed by atoms with E-state index in [4.69, 9.17) is 0 Å². The summed E-state index contributed by atoms with van der Waals surface area (Å²) >= 11 is 0. The first-order chi connectivity index (χ1) is 10.2. The maximum atomic E-state index is 13.8. The number of halogens is 1. The summed E-state index contributed by atoms with van der Waals surface area (Å²) in [5, 5.41) is 8.49. The van der Waals surface area contributed by atoms with E-state index in [9.17, 15) is 9.18 Å². The second-order valence-electron chi connectivity index (χ2n) is 4.53. The minimum absolute atomic E-state index is 0.301. The molecule has 1 aromatic carbocycles. The predicted molar refractivity (Wildman–Crippen MR) is 75.8 cm³/mol. The average molecular weight is 284 g/mol. The lowest BCUT2D eigenvalue weighted by molar-refractivity contribution is 0.112. The van der Waals surface area contributed by atoms with Gasteiger partial charge in [-0.3, -0.25) is 9.48 Å². The molecule has 3 aromatic rings. The van der Waals surface area contributed by atoms with Crippen LogP contribution in [0.1, 0.15) is 17.3 Å². The van der Waals surface area contributed by atoms with Crippen molar-refractivity contribution in [2.24, 2.45) is 0 Å². The van der Waals surface area contributed by atoms with Crippen molar-refractivity contribution in [3.8, 4) is 16.9 Å². The highest BCUT2D eigenvalue weighted by Crippen LogP contribution is 2.23. The van der Waals surface area contributed by atoms with E-state index in [2.05, 4.69) is 10.2 Å². The number of aromatic nitrogens is 4. The summed E-state index contributed by atoms with van der Waals surface area (Å²) in [7, 11) is 0. The molecule has 3 rings (SSSR count). The zero-order valence-corrected chi connectivity index (χ0v) is 11.4. The first-order valence-corrected chi connectivity index (χ1v) is 6.55. The van der Waals surface area contributed by atoms with Crippen molar-refractivity contribution in [1.29, 1.82) is 0 Å². The molecule has 0 saturated heterocycles. The van der Waals surface area contributed by atoms with E-state index in [-0.39, 0.29) is 0 Å². The van der Waals surface area contributed by atoms with Crippen LogP contribution in [0.2, 0.25) is 0 Å². The van der Waals surface area contributed by atoms with E-state index >= 15 is 0 Å². The van der Waals surface area contributed by atoms with Crippen LogP contribution in [0.15, 0.2) is 42.9 Å². The number of aldehydes is 1. The molecule has 0 aliphatic carbocycles. The van der Waals surface area contributed by atoms with E-state index in [0.29, 0.717) is 23.2 Å². The highest BCUT2D eigenvalue weighted by atomic mass is 19.1. The van der Waals surface area contributed by atoms with Crippen LogP contribution in [-0.4, -0.2) is 25.8 Å². The monoisotopic (exact) mass is 284 g/mol. The van der Waals surface area contributed by atoms with Gasteiger partial charge in [-0.2, -0.15) is 10.2 Å². The van der Waals surface area contributed by atoms with Crippen LogP contribution in [0.4, 0.5) is 4.39 Å². The number of carbonyl (C=O) groups is 1. The number of para-hydroxylation sites is 1. The lowest BCUT2D eigenvalue weighted by Crippen LogP contribution is -1.97. The average Bonchev–Trinajstić information content (AvgIpc) is 3.13. The fraction of sp³-hybridized carbons (Fsp3) is 0.133. The van der Waals surface area contributed by atoms with Crippen molar-refractivity contribution < 1.29 is 9.18 Å². The Hall–Kier alpha value is -2.76. The smallest absolute Gasteiger partial charge is 0.153 e. The van der Waals surface area contributed by atoms with Crippen LogP contribution in [0.25, 0.3) is 16.9 Å². The van der Waals surface area contributed by atoms with Gasteiger partial charge < -0.3 is 0 Å². The number of carbonyl (C=O) groups excluding carboxylic acids is 1. The number of nitrogens with zero attached hydrogens (tertiary/aromatic N) is 4. The fourth-order valence-electron chi connectivity index (χ4n) is 2.12. The molecule has 0 fully saturated rings. The first-order valence-electron chi connectivity index (χ1n) is 6.55. The zero-order chi connectivity index (χ0) is 14.8. The molecule has 0 aliphatic rings. The number of rotatable bonds is 4. The lowest BCUT2D eigenvalue weighted by atomic mass is 10.2. The van der Waals surface area contributed by atoms with Gasteiger partial charge in [0.15, 0.2) is 6.29 Å². The molecule has 0 saturated carbocycles. The van der Waals surface area contributed by atoms with Gasteiger partial charge in [0, 0.05) is 24.5 Å². The Morgan fingerprint density at radius 1 is 1.29 bits per heavy atom. The summed E-state index contributed by atoms with van der Waals surface area (Å²) < 4.78 is 16.9. The maximum absolute atomic E-state index is 13.8. The minimum atomic E-state index is -0.395. The van der Waals surface area contributed by atoms with E-state index in [1.165, 1.54) is 16.9 Å². The summed E-state index contributed by atoms with van der Waals surface area (Å²) in [6.07, 6.45) is 5.68. The molecule has 2 heterocycles. The molecule has 0 bridgehead atoms. The van der Waals surface area contributed by atoms with Crippen molar-refractivity contribution in [2.75, 3.05) is 0 Å². The topological polar surface area (TPSA) is 52.7 Å². The molecule has 106 valence electrons. The quantitative estimate of drug-likeness (QED) is 0.692. The largest absolute Gasteiger partial charge is 0.298 e. The Morgan fingerprint density at radius 3 is 2.76 bits per heavy atom. The summed E-state index contributed by atoms with van der Waals surface area (Å²) in [5.41, 5.74) is 1.92. The van der Waals surface area contributed by atoms with Gasteiger partial charge in [-0.1, -0.05) is 12.1 Å². The van der Waals surface area contributed by atoms with Crippen LogP contribution in [-0.2, 0) is 6.54 Å². The van der Waals surface area contributed by atoms with E-state index < -0.39 is 5.82 Å². The molecule has 0 amide bonds. The van der Waals surface area contributed by atoms with Gasteiger partial charge in [0.05, 0.1) is 11.8 Å². The Balaban J connectivity index is 2.10. The molecule has 5 nitrogen and oxygen atoms in total. The van der Waals surface area contributed by atoms with Crippen molar-refractivity contribution in [3.63, 3.8) is 0 Å². The Morgan fingerprint density at radius 2 is 2.10 bits per heavy atom. The molecule has 0 unspecified atom stereocenters. The van der Waals surface area contributed by atoms with Crippen molar-refractivity contribution >= 4 is 6.29 Å². The number of aryl methyl sites for hydroxylation is 1. The van der Waals surface area contributed by atoms with E-state index in [1.807, 2.05) is 6.92 Å². The molecule has 0 atom stereocenters.